The second kappa shape index (κ2) is 8.24. The number of thioether (sulfide) groups is 1. The summed E-state index contributed by atoms with van der Waals surface area (Å²) in [6, 6.07) is 10.6. The van der Waals surface area contributed by atoms with Gasteiger partial charge in [-0.1, -0.05) is 11.3 Å². The first kappa shape index (κ1) is 18.3. The van der Waals surface area contributed by atoms with Crippen molar-refractivity contribution < 1.29 is 18.3 Å². The molecule has 5 nitrogen and oxygen atoms in total. The predicted octanol–water partition coefficient (Wildman–Crippen LogP) is 4.37. The number of carbonyl (C=O) groups is 1. The molecule has 1 heterocycles. The van der Waals surface area contributed by atoms with Crippen molar-refractivity contribution in [1.29, 1.82) is 0 Å². The van der Waals surface area contributed by atoms with Crippen molar-refractivity contribution in [1.82, 2.24) is 10.2 Å². The Bertz CT molecular complexity index is 917. The number of nitrogens with zero attached hydrogens (tertiary/aromatic N) is 2. The maximum Gasteiger partial charge on any atom is 0.286 e. The summed E-state index contributed by atoms with van der Waals surface area (Å²) in [6.45, 7) is 0. The smallest absolute Gasteiger partial charge is 0.286 e. The molecular formula is C17H13F2N3O2S2. The van der Waals surface area contributed by atoms with E-state index in [0.717, 1.165) is 23.5 Å². The van der Waals surface area contributed by atoms with Crippen LogP contribution in [0.25, 0.3) is 0 Å². The third kappa shape index (κ3) is 4.55. The van der Waals surface area contributed by atoms with Crippen molar-refractivity contribution in [3.63, 3.8) is 0 Å². The number of hydrogen-bond acceptors (Lipinski definition) is 6. The van der Waals surface area contributed by atoms with Crippen molar-refractivity contribution in [2.24, 2.45) is 0 Å². The summed E-state index contributed by atoms with van der Waals surface area (Å²) in [5.41, 5.74) is 0.615. The van der Waals surface area contributed by atoms with Gasteiger partial charge < -0.3 is 10.1 Å². The van der Waals surface area contributed by atoms with Crippen LogP contribution in [-0.2, 0) is 5.75 Å². The van der Waals surface area contributed by atoms with Crippen LogP contribution >= 0.6 is 23.1 Å². The Labute approximate surface area is 156 Å². The van der Waals surface area contributed by atoms with E-state index in [2.05, 4.69) is 15.5 Å². The van der Waals surface area contributed by atoms with Gasteiger partial charge in [-0.05, 0) is 42.5 Å². The van der Waals surface area contributed by atoms with E-state index >= 15 is 0 Å². The minimum absolute atomic E-state index is 0.224. The highest BCUT2D eigenvalue weighted by Crippen LogP contribution is 2.26. The first-order valence-electron chi connectivity index (χ1n) is 7.41. The van der Waals surface area contributed by atoms with Gasteiger partial charge in [0.05, 0.1) is 12.9 Å². The van der Waals surface area contributed by atoms with Crippen LogP contribution in [0.1, 0.15) is 14.8 Å². The molecule has 134 valence electrons. The zero-order valence-corrected chi connectivity index (χ0v) is 15.2. The Hall–Kier alpha value is -2.52. The van der Waals surface area contributed by atoms with E-state index in [4.69, 9.17) is 4.74 Å². The second-order valence-corrected chi connectivity index (χ2v) is 7.16. The number of aromatic nitrogens is 2. The lowest BCUT2D eigenvalue weighted by atomic mass is 10.3. The van der Waals surface area contributed by atoms with Crippen molar-refractivity contribution in [3.8, 4) is 5.75 Å². The molecular weight excluding hydrogens is 380 g/mol. The molecule has 1 N–H and O–H groups in total. The fourth-order valence-electron chi connectivity index (χ4n) is 1.97. The van der Waals surface area contributed by atoms with E-state index in [0.29, 0.717) is 27.1 Å². The quantitative estimate of drug-likeness (QED) is 0.630. The molecule has 0 spiro atoms. The number of rotatable bonds is 6. The van der Waals surface area contributed by atoms with Crippen molar-refractivity contribution in [2.75, 3.05) is 12.4 Å². The predicted molar refractivity (Wildman–Crippen MR) is 96.8 cm³/mol. The molecule has 0 unspecified atom stereocenters. The monoisotopic (exact) mass is 393 g/mol. The Morgan fingerprint density at radius 2 is 1.92 bits per heavy atom. The SMILES string of the molecule is COc1ccc(NC(=O)c2nnc(CSc3ccc(F)c(F)c3)s2)cc1. The summed E-state index contributed by atoms with van der Waals surface area (Å²) < 4.78 is 31.2. The molecule has 0 fully saturated rings. The maximum absolute atomic E-state index is 13.2. The van der Waals surface area contributed by atoms with Crippen LogP contribution in [0, 0.1) is 11.6 Å². The number of amides is 1. The van der Waals surface area contributed by atoms with E-state index in [9.17, 15) is 13.6 Å². The molecule has 1 aromatic heterocycles. The molecule has 2 aromatic carbocycles. The average Bonchev–Trinajstić information content (AvgIpc) is 3.12. The molecule has 26 heavy (non-hydrogen) atoms. The van der Waals surface area contributed by atoms with Crippen LogP contribution in [-0.4, -0.2) is 23.2 Å². The number of anilines is 1. The zero-order chi connectivity index (χ0) is 18.5. The van der Waals surface area contributed by atoms with Crippen LogP contribution in [0.5, 0.6) is 5.75 Å². The lowest BCUT2D eigenvalue weighted by Gasteiger charge is -2.04. The topological polar surface area (TPSA) is 64.1 Å². The molecule has 0 aliphatic rings. The third-order valence-corrected chi connectivity index (χ3v) is 5.37. The second-order valence-electron chi connectivity index (χ2n) is 5.05. The van der Waals surface area contributed by atoms with E-state index < -0.39 is 11.6 Å². The highest BCUT2D eigenvalue weighted by molar-refractivity contribution is 7.98. The summed E-state index contributed by atoms with van der Waals surface area (Å²) >= 11 is 2.43. The Morgan fingerprint density at radius 3 is 2.62 bits per heavy atom. The molecule has 3 rings (SSSR count). The maximum atomic E-state index is 13.2. The van der Waals surface area contributed by atoms with E-state index in [1.807, 2.05) is 0 Å². The van der Waals surface area contributed by atoms with Crippen molar-refractivity contribution in [2.45, 2.75) is 10.6 Å². The molecule has 0 saturated carbocycles. The molecule has 0 aliphatic carbocycles. The summed E-state index contributed by atoms with van der Waals surface area (Å²) in [6.07, 6.45) is 0. The standard InChI is InChI=1S/C17H13F2N3O2S2/c1-24-11-4-2-10(3-5-11)20-16(23)17-22-21-15(26-17)9-25-12-6-7-13(18)14(19)8-12/h2-8H,9H2,1H3,(H,20,23). The van der Waals surface area contributed by atoms with Crippen molar-refractivity contribution in [3.05, 3.63) is 64.1 Å². The minimum atomic E-state index is -0.896. The van der Waals surface area contributed by atoms with Crippen LogP contribution in [0.2, 0.25) is 0 Å². The van der Waals surface area contributed by atoms with Gasteiger partial charge in [0.1, 0.15) is 10.8 Å². The summed E-state index contributed by atoms with van der Waals surface area (Å²) in [4.78, 5) is 12.8. The lowest BCUT2D eigenvalue weighted by molar-refractivity contribution is 0.102. The highest BCUT2D eigenvalue weighted by Gasteiger charge is 2.14. The molecule has 0 bridgehead atoms. The number of ether oxygens (including phenoxy) is 1. The largest absolute Gasteiger partial charge is 0.497 e. The summed E-state index contributed by atoms with van der Waals surface area (Å²) in [5, 5.41) is 11.4. The summed E-state index contributed by atoms with van der Waals surface area (Å²) in [5.74, 6) is -1.06. The normalized spacial score (nSPS) is 10.6. The lowest BCUT2D eigenvalue weighted by Crippen LogP contribution is -2.11. The minimum Gasteiger partial charge on any atom is -0.497 e. The van der Waals surface area contributed by atoms with Gasteiger partial charge in [-0.15, -0.1) is 22.0 Å². The number of hydrogen-bond donors (Lipinski definition) is 1. The molecule has 3 aromatic rings. The molecule has 9 heteroatoms. The first-order valence-corrected chi connectivity index (χ1v) is 9.21. The van der Waals surface area contributed by atoms with E-state index in [-0.39, 0.29) is 10.9 Å². The van der Waals surface area contributed by atoms with Crippen molar-refractivity contribution >= 4 is 34.7 Å². The number of methoxy groups -OCH3 is 1. The Morgan fingerprint density at radius 1 is 1.15 bits per heavy atom. The van der Waals surface area contributed by atoms with Gasteiger partial charge in [0.25, 0.3) is 5.91 Å². The Kier molecular flexibility index (Phi) is 5.79. The fourth-order valence-corrected chi connectivity index (χ4v) is 3.62. The Balaban J connectivity index is 1.59. The van der Waals surface area contributed by atoms with E-state index in [1.54, 1.807) is 31.4 Å². The van der Waals surface area contributed by atoms with Gasteiger partial charge in [0.2, 0.25) is 5.01 Å². The zero-order valence-electron chi connectivity index (χ0n) is 13.5. The van der Waals surface area contributed by atoms with Gasteiger partial charge in [0.15, 0.2) is 11.6 Å². The molecule has 0 radical (unpaired) electrons. The molecule has 0 aliphatic heterocycles. The average molecular weight is 393 g/mol. The first-order chi connectivity index (χ1) is 12.5. The fraction of sp³-hybridized carbons (Fsp3) is 0.118. The number of carbonyl (C=O) groups excluding carboxylic acids is 1. The van der Waals surface area contributed by atoms with Crippen LogP contribution < -0.4 is 10.1 Å². The summed E-state index contributed by atoms with van der Waals surface area (Å²) in [7, 11) is 1.56. The highest BCUT2D eigenvalue weighted by atomic mass is 32.2. The molecule has 1 amide bonds. The molecule has 0 atom stereocenters. The van der Waals surface area contributed by atoms with Gasteiger partial charge in [-0.2, -0.15) is 0 Å². The van der Waals surface area contributed by atoms with E-state index in [1.165, 1.54) is 17.8 Å². The van der Waals surface area contributed by atoms with Crippen LogP contribution in [0.4, 0.5) is 14.5 Å². The van der Waals surface area contributed by atoms with Crippen LogP contribution in [0.15, 0.2) is 47.4 Å². The van der Waals surface area contributed by atoms with Crippen LogP contribution in [0.3, 0.4) is 0 Å². The molecule has 0 saturated heterocycles. The number of nitrogens with one attached hydrogen (secondary N) is 1. The van der Waals surface area contributed by atoms with Gasteiger partial charge in [0, 0.05) is 10.6 Å². The number of benzene rings is 2. The van der Waals surface area contributed by atoms with Gasteiger partial charge in [-0.25, -0.2) is 8.78 Å². The third-order valence-electron chi connectivity index (χ3n) is 3.26. The van der Waals surface area contributed by atoms with Gasteiger partial charge in [-0.3, -0.25) is 4.79 Å². The number of halogens is 2. The van der Waals surface area contributed by atoms with Gasteiger partial charge >= 0.3 is 0 Å².